The molecule has 33 heavy (non-hydrogen) atoms. The Morgan fingerprint density at radius 2 is 1.94 bits per heavy atom. The Bertz CT molecular complexity index is 953. The number of hydrogen-bond donors (Lipinski definition) is 1. The number of carboxylic acids is 1. The smallest absolute Gasteiger partial charge is 0.303 e. The molecule has 4 atom stereocenters. The second-order valence-electron chi connectivity index (χ2n) is 9.48. The third kappa shape index (κ3) is 5.53. The van der Waals surface area contributed by atoms with Gasteiger partial charge in [0, 0.05) is 17.8 Å². The summed E-state index contributed by atoms with van der Waals surface area (Å²) in [6.45, 7) is 3.92. The molecule has 5 heteroatoms. The minimum atomic E-state index is -0.755. The number of rotatable bonds is 11. The molecule has 4 nitrogen and oxygen atoms in total. The van der Waals surface area contributed by atoms with Crippen molar-refractivity contribution in [3.05, 3.63) is 83.2 Å². The predicted molar refractivity (Wildman–Crippen MR) is 125 cm³/mol. The number of aryl methyl sites for hydroxylation is 1. The van der Waals surface area contributed by atoms with Gasteiger partial charge < -0.3 is 14.6 Å². The maximum Gasteiger partial charge on any atom is 0.303 e. The Balaban J connectivity index is 1.45. The van der Waals surface area contributed by atoms with Crippen LogP contribution in [0.4, 0.5) is 4.39 Å². The molecule has 176 valence electrons. The first-order chi connectivity index (χ1) is 16.0. The lowest BCUT2D eigenvalue weighted by molar-refractivity contribution is -0.137. The number of ether oxygens (including phenoxy) is 2. The van der Waals surface area contributed by atoms with E-state index in [0.717, 1.165) is 30.4 Å². The summed E-state index contributed by atoms with van der Waals surface area (Å²) in [6.07, 6.45) is 7.82. The summed E-state index contributed by atoms with van der Waals surface area (Å²) < 4.78 is 26.0. The molecular weight excluding hydrogens is 419 g/mol. The van der Waals surface area contributed by atoms with Gasteiger partial charge in [-0.25, -0.2) is 4.39 Å². The monoisotopic (exact) mass is 452 g/mol. The molecule has 1 N–H and O–H groups in total. The lowest BCUT2D eigenvalue weighted by Crippen LogP contribution is -2.41. The van der Waals surface area contributed by atoms with Gasteiger partial charge in [-0.3, -0.25) is 4.79 Å². The van der Waals surface area contributed by atoms with Gasteiger partial charge in [0.05, 0.1) is 25.9 Å². The molecule has 2 aromatic rings. The molecule has 0 radical (unpaired) electrons. The van der Waals surface area contributed by atoms with Crippen LogP contribution in [0.2, 0.25) is 0 Å². The molecule has 4 rings (SSSR count). The molecule has 2 fully saturated rings. The van der Waals surface area contributed by atoms with Crippen molar-refractivity contribution >= 4 is 5.97 Å². The Kier molecular flexibility index (Phi) is 7.61. The average Bonchev–Trinajstić information content (AvgIpc) is 3.36. The first kappa shape index (κ1) is 23.7. The Hall–Kier alpha value is -2.50. The van der Waals surface area contributed by atoms with Gasteiger partial charge in [-0.05, 0) is 61.8 Å². The van der Waals surface area contributed by atoms with Crippen LogP contribution in [0.15, 0.2) is 60.7 Å². The van der Waals surface area contributed by atoms with Crippen LogP contribution in [0.3, 0.4) is 0 Å². The van der Waals surface area contributed by atoms with Crippen LogP contribution in [0.25, 0.3) is 0 Å². The van der Waals surface area contributed by atoms with E-state index >= 15 is 0 Å². The van der Waals surface area contributed by atoms with Gasteiger partial charge in [-0.2, -0.15) is 0 Å². The Morgan fingerprint density at radius 3 is 2.67 bits per heavy atom. The highest BCUT2D eigenvalue weighted by Gasteiger charge is 2.59. The van der Waals surface area contributed by atoms with E-state index in [1.807, 2.05) is 12.1 Å². The number of fused-ring (bicyclic) bond motifs is 2. The van der Waals surface area contributed by atoms with Crippen molar-refractivity contribution < 1.29 is 23.8 Å². The van der Waals surface area contributed by atoms with Crippen LogP contribution in [0.5, 0.6) is 0 Å². The van der Waals surface area contributed by atoms with Gasteiger partial charge in [-0.15, -0.1) is 0 Å². The van der Waals surface area contributed by atoms with Crippen LogP contribution < -0.4 is 0 Å². The van der Waals surface area contributed by atoms with Gasteiger partial charge in [0.15, 0.2) is 0 Å². The van der Waals surface area contributed by atoms with Gasteiger partial charge in [0.25, 0.3) is 0 Å². The minimum Gasteiger partial charge on any atom is -0.481 e. The van der Waals surface area contributed by atoms with E-state index in [1.165, 1.54) is 17.7 Å². The summed E-state index contributed by atoms with van der Waals surface area (Å²) in [5.74, 6) is -0.389. The SMILES string of the molecule is Cc1ccc(COC[C@@H]2[C@@H]3C[C@@](c4ccc(F)cc4)(CO3)[C@H]2CC=CCCCC(=O)O)cc1. The fourth-order valence-electron chi connectivity index (χ4n) is 5.48. The van der Waals surface area contributed by atoms with Crippen molar-refractivity contribution in [3.63, 3.8) is 0 Å². The third-order valence-corrected chi connectivity index (χ3v) is 7.26. The largest absolute Gasteiger partial charge is 0.481 e. The maximum absolute atomic E-state index is 13.6. The first-order valence-electron chi connectivity index (χ1n) is 11.9. The summed E-state index contributed by atoms with van der Waals surface area (Å²) in [4.78, 5) is 10.7. The fraction of sp³-hybridized carbons (Fsp3) is 0.464. The number of halogens is 1. The quantitative estimate of drug-likeness (QED) is 0.345. The topological polar surface area (TPSA) is 55.8 Å². The Labute approximate surface area is 195 Å². The summed E-state index contributed by atoms with van der Waals surface area (Å²) in [5.41, 5.74) is 3.39. The number of carboxylic acid groups (broad SMARTS) is 1. The van der Waals surface area contributed by atoms with Crippen LogP contribution in [0.1, 0.15) is 48.8 Å². The Morgan fingerprint density at radius 1 is 1.18 bits per heavy atom. The summed E-state index contributed by atoms with van der Waals surface area (Å²) in [5, 5.41) is 8.83. The van der Waals surface area contributed by atoms with E-state index in [2.05, 4.69) is 43.3 Å². The summed E-state index contributed by atoms with van der Waals surface area (Å²) >= 11 is 0. The first-order valence-corrected chi connectivity index (χ1v) is 11.9. The molecule has 2 aromatic carbocycles. The predicted octanol–water partition coefficient (Wildman–Crippen LogP) is 5.82. The molecule has 0 spiro atoms. The molecule has 2 aliphatic rings. The van der Waals surface area contributed by atoms with E-state index in [-0.39, 0.29) is 29.7 Å². The van der Waals surface area contributed by atoms with Gasteiger partial charge in [0.2, 0.25) is 0 Å². The highest BCUT2D eigenvalue weighted by molar-refractivity contribution is 5.66. The van der Waals surface area contributed by atoms with Gasteiger partial charge in [-0.1, -0.05) is 54.1 Å². The zero-order valence-electron chi connectivity index (χ0n) is 19.2. The zero-order chi connectivity index (χ0) is 23.3. The molecular formula is C28H33FO4. The highest BCUT2D eigenvalue weighted by Crippen LogP contribution is 2.56. The number of unbranched alkanes of at least 4 members (excludes halogenated alkanes) is 1. The standard InChI is InChI=1S/C28H33FO4/c1-20-8-10-21(11-9-20)17-32-18-24-25(6-4-2-3-5-7-27(30)31)28(16-26(24)33-19-28)22-12-14-23(29)15-13-22/h2,4,8-15,24-26H,3,5-7,16-19H2,1H3,(H,30,31)/t24-,25-,26-,28-/m0/s1. The molecule has 1 heterocycles. The van der Waals surface area contributed by atoms with Crippen molar-refractivity contribution in [1.29, 1.82) is 0 Å². The second kappa shape index (κ2) is 10.6. The van der Waals surface area contributed by atoms with E-state index in [4.69, 9.17) is 14.6 Å². The van der Waals surface area contributed by atoms with Crippen LogP contribution in [-0.4, -0.2) is 30.4 Å². The highest BCUT2D eigenvalue weighted by atomic mass is 19.1. The molecule has 1 aliphatic heterocycles. The second-order valence-corrected chi connectivity index (χ2v) is 9.48. The van der Waals surface area contributed by atoms with Crippen molar-refractivity contribution in [3.8, 4) is 0 Å². The molecule has 1 aliphatic carbocycles. The molecule has 0 aromatic heterocycles. The molecule has 2 bridgehead atoms. The van der Waals surface area contributed by atoms with Crippen molar-refractivity contribution in [2.75, 3.05) is 13.2 Å². The van der Waals surface area contributed by atoms with Crippen molar-refractivity contribution in [1.82, 2.24) is 0 Å². The van der Waals surface area contributed by atoms with Gasteiger partial charge in [0.1, 0.15) is 5.82 Å². The summed E-state index contributed by atoms with van der Waals surface area (Å²) in [6, 6.07) is 15.3. The van der Waals surface area contributed by atoms with Crippen molar-refractivity contribution in [2.45, 2.75) is 57.2 Å². The molecule has 0 unspecified atom stereocenters. The fourth-order valence-corrected chi connectivity index (χ4v) is 5.48. The van der Waals surface area contributed by atoms with Crippen molar-refractivity contribution in [2.24, 2.45) is 11.8 Å². The van der Waals surface area contributed by atoms with E-state index in [9.17, 15) is 9.18 Å². The lowest BCUT2D eigenvalue weighted by Gasteiger charge is -2.39. The number of aliphatic carboxylic acids is 1. The maximum atomic E-state index is 13.6. The van der Waals surface area contributed by atoms with Crippen LogP contribution >= 0.6 is 0 Å². The van der Waals surface area contributed by atoms with Crippen LogP contribution in [0, 0.1) is 24.6 Å². The zero-order valence-corrected chi connectivity index (χ0v) is 19.2. The van der Waals surface area contributed by atoms with Gasteiger partial charge >= 0.3 is 5.97 Å². The minimum absolute atomic E-state index is 0.137. The number of hydrogen-bond acceptors (Lipinski definition) is 3. The third-order valence-electron chi connectivity index (χ3n) is 7.26. The number of allylic oxidation sites excluding steroid dienone is 2. The molecule has 1 saturated heterocycles. The van der Waals surface area contributed by atoms with E-state index < -0.39 is 5.97 Å². The molecule has 1 saturated carbocycles. The van der Waals surface area contributed by atoms with Crippen LogP contribution in [-0.2, 0) is 26.3 Å². The lowest BCUT2D eigenvalue weighted by atomic mass is 9.69. The van der Waals surface area contributed by atoms with E-state index in [1.54, 1.807) is 0 Å². The average molecular weight is 453 g/mol. The number of benzene rings is 2. The normalized spacial score (nSPS) is 26.3. The van der Waals surface area contributed by atoms with E-state index in [0.29, 0.717) is 32.2 Å². The summed E-state index contributed by atoms with van der Waals surface area (Å²) in [7, 11) is 0. The number of carbonyl (C=O) groups is 1. The molecule has 0 amide bonds.